The molecule has 8 heteroatoms. The van der Waals surface area contributed by atoms with Crippen molar-refractivity contribution in [3.63, 3.8) is 0 Å². The number of nitrogens with one attached hydrogen (secondary N) is 2. The summed E-state index contributed by atoms with van der Waals surface area (Å²) in [5.74, 6) is -2.43. The average Bonchev–Trinajstić information content (AvgIpc) is 3.58. The number of likely N-dealkylation sites (tertiary alicyclic amines) is 1. The lowest BCUT2D eigenvalue weighted by Gasteiger charge is -2.39. The van der Waals surface area contributed by atoms with Gasteiger partial charge in [0.05, 0.1) is 30.1 Å². The second kappa shape index (κ2) is 11.2. The van der Waals surface area contributed by atoms with Crippen LogP contribution in [0.3, 0.4) is 0 Å². The van der Waals surface area contributed by atoms with Crippen molar-refractivity contribution in [2.45, 2.75) is 90.1 Å². The third-order valence-electron chi connectivity index (χ3n) is 10.0. The van der Waals surface area contributed by atoms with Crippen LogP contribution in [-0.4, -0.2) is 57.6 Å². The number of hydrogen-bond donors (Lipinski definition) is 3. The molecule has 0 aliphatic carbocycles. The molecule has 3 aliphatic rings. The molecule has 220 valence electrons. The smallest absolute Gasteiger partial charge is 0.250 e. The van der Waals surface area contributed by atoms with Gasteiger partial charge in [0.2, 0.25) is 17.7 Å². The van der Waals surface area contributed by atoms with Crippen LogP contribution in [0.4, 0.5) is 5.69 Å². The van der Waals surface area contributed by atoms with Crippen molar-refractivity contribution in [3.05, 3.63) is 65.2 Å². The first-order valence-corrected chi connectivity index (χ1v) is 15.0. The minimum atomic E-state index is -1.15. The number of nitrogens with zero attached hydrogens (tertiary/aromatic N) is 1. The van der Waals surface area contributed by atoms with E-state index in [2.05, 4.69) is 10.6 Å². The number of hydrogen-bond acceptors (Lipinski definition) is 5. The van der Waals surface area contributed by atoms with Crippen LogP contribution in [0.25, 0.3) is 0 Å². The number of amides is 3. The molecule has 1 spiro atoms. The van der Waals surface area contributed by atoms with E-state index in [-0.39, 0.29) is 30.2 Å². The van der Waals surface area contributed by atoms with Crippen molar-refractivity contribution in [2.75, 3.05) is 11.9 Å². The summed E-state index contributed by atoms with van der Waals surface area (Å²) < 4.78 is 6.88. The molecular weight excluding hydrogens is 518 g/mol. The van der Waals surface area contributed by atoms with Gasteiger partial charge in [0.1, 0.15) is 11.6 Å². The molecule has 41 heavy (non-hydrogen) atoms. The van der Waals surface area contributed by atoms with Crippen molar-refractivity contribution in [1.82, 2.24) is 10.2 Å². The summed E-state index contributed by atoms with van der Waals surface area (Å²) in [5.41, 5.74) is 1.54. The highest BCUT2D eigenvalue weighted by Gasteiger charge is 2.79. The average molecular weight is 562 g/mol. The van der Waals surface area contributed by atoms with Crippen LogP contribution < -0.4 is 10.6 Å². The highest BCUT2D eigenvalue weighted by molar-refractivity contribution is 6.04. The number of aliphatic hydroxyl groups is 1. The summed E-state index contributed by atoms with van der Waals surface area (Å²) in [5, 5.41) is 16.7. The number of ether oxygens (including phenoxy) is 1. The number of aryl methyl sites for hydroxylation is 2. The van der Waals surface area contributed by atoms with Gasteiger partial charge >= 0.3 is 0 Å². The molecule has 0 radical (unpaired) electrons. The van der Waals surface area contributed by atoms with E-state index in [4.69, 9.17) is 4.74 Å². The van der Waals surface area contributed by atoms with Crippen molar-refractivity contribution in [2.24, 2.45) is 17.8 Å². The van der Waals surface area contributed by atoms with Crippen LogP contribution >= 0.6 is 0 Å². The Labute approximate surface area is 242 Å². The Morgan fingerprint density at radius 2 is 1.73 bits per heavy atom. The van der Waals surface area contributed by atoms with E-state index < -0.39 is 35.1 Å². The van der Waals surface area contributed by atoms with Crippen LogP contribution in [0.1, 0.15) is 63.1 Å². The van der Waals surface area contributed by atoms with Gasteiger partial charge in [-0.15, -0.1) is 0 Å². The first-order chi connectivity index (χ1) is 19.6. The summed E-state index contributed by atoms with van der Waals surface area (Å²) >= 11 is 0. The summed E-state index contributed by atoms with van der Waals surface area (Å²) in [7, 11) is 0. The predicted octanol–water partition coefficient (Wildman–Crippen LogP) is 4.12. The fourth-order valence-electron chi connectivity index (χ4n) is 7.62. The van der Waals surface area contributed by atoms with Crippen LogP contribution in [0.2, 0.25) is 0 Å². The van der Waals surface area contributed by atoms with Gasteiger partial charge < -0.3 is 25.4 Å². The molecule has 5 rings (SSSR count). The lowest BCUT2D eigenvalue weighted by Crippen LogP contribution is -2.57. The summed E-state index contributed by atoms with van der Waals surface area (Å²) in [6.45, 7) is 9.92. The molecule has 8 nitrogen and oxygen atoms in total. The van der Waals surface area contributed by atoms with Crippen molar-refractivity contribution in [3.8, 4) is 0 Å². The Bertz CT molecular complexity index is 1290. The number of anilines is 1. The van der Waals surface area contributed by atoms with Gasteiger partial charge in [-0.05, 0) is 55.7 Å². The van der Waals surface area contributed by atoms with Gasteiger partial charge in [-0.1, -0.05) is 75.7 Å². The highest BCUT2D eigenvalue weighted by atomic mass is 16.5. The largest absolute Gasteiger partial charge is 0.394 e. The first kappa shape index (κ1) is 29.3. The van der Waals surface area contributed by atoms with Gasteiger partial charge in [-0.3, -0.25) is 14.4 Å². The number of carbonyl (C=O) groups excluding carboxylic acids is 3. The Morgan fingerprint density at radius 3 is 2.34 bits per heavy atom. The number of fused-ring (bicyclic) bond motifs is 1. The van der Waals surface area contributed by atoms with Crippen molar-refractivity contribution >= 4 is 23.4 Å². The minimum Gasteiger partial charge on any atom is -0.394 e. The third kappa shape index (κ3) is 4.65. The van der Waals surface area contributed by atoms with Crippen LogP contribution in [-0.2, 0) is 25.7 Å². The Morgan fingerprint density at radius 1 is 1.05 bits per heavy atom. The SMILES string of the molecule is CC[C@H](C)[C@H](CO)N1C(=O)[C@@H]2[C@@H](C(=O)NCc3ccccc3)[C@@]3(CC)CCC2(O3)C1C(=O)Nc1c(C)cccc1C. The normalized spacial score (nSPS) is 29.8. The molecule has 2 aromatic rings. The van der Waals surface area contributed by atoms with Gasteiger partial charge in [0, 0.05) is 12.2 Å². The molecule has 2 aromatic carbocycles. The Kier molecular flexibility index (Phi) is 8.01. The monoisotopic (exact) mass is 561 g/mol. The fourth-order valence-corrected chi connectivity index (χ4v) is 7.62. The van der Waals surface area contributed by atoms with E-state index in [1.165, 1.54) is 0 Å². The molecule has 3 saturated heterocycles. The van der Waals surface area contributed by atoms with Crippen molar-refractivity contribution < 1.29 is 24.2 Å². The maximum absolute atomic E-state index is 14.5. The molecule has 3 fully saturated rings. The van der Waals surface area contributed by atoms with E-state index in [0.717, 1.165) is 23.1 Å². The van der Waals surface area contributed by atoms with E-state index in [9.17, 15) is 19.5 Å². The van der Waals surface area contributed by atoms with E-state index in [0.29, 0.717) is 31.5 Å². The lowest BCUT2D eigenvalue weighted by molar-refractivity contribution is -0.150. The molecule has 2 bridgehead atoms. The molecule has 7 atom stereocenters. The number of para-hydroxylation sites is 1. The van der Waals surface area contributed by atoms with Gasteiger partial charge in [-0.2, -0.15) is 0 Å². The van der Waals surface area contributed by atoms with E-state index in [1.54, 1.807) is 4.90 Å². The quantitative estimate of drug-likeness (QED) is 0.405. The molecule has 0 saturated carbocycles. The lowest BCUT2D eigenvalue weighted by atomic mass is 9.65. The molecule has 0 aromatic heterocycles. The fraction of sp³-hybridized carbons (Fsp3) is 0.545. The van der Waals surface area contributed by atoms with E-state index in [1.807, 2.05) is 83.1 Å². The number of benzene rings is 2. The predicted molar refractivity (Wildman–Crippen MR) is 157 cm³/mol. The topological polar surface area (TPSA) is 108 Å². The zero-order chi connectivity index (χ0) is 29.5. The zero-order valence-electron chi connectivity index (χ0n) is 24.8. The van der Waals surface area contributed by atoms with Gasteiger partial charge in [-0.25, -0.2) is 0 Å². The third-order valence-corrected chi connectivity index (χ3v) is 10.0. The maximum atomic E-state index is 14.5. The van der Waals surface area contributed by atoms with Crippen molar-refractivity contribution in [1.29, 1.82) is 0 Å². The summed E-state index contributed by atoms with van der Waals surface area (Å²) in [6, 6.07) is 13.9. The van der Waals surface area contributed by atoms with E-state index >= 15 is 0 Å². The minimum absolute atomic E-state index is 0.0580. The van der Waals surface area contributed by atoms with Crippen LogP contribution in [0, 0.1) is 31.6 Å². The van der Waals surface area contributed by atoms with Gasteiger partial charge in [0.25, 0.3) is 0 Å². The number of carbonyl (C=O) groups is 3. The summed E-state index contributed by atoms with van der Waals surface area (Å²) in [6.07, 6.45) is 2.37. The number of rotatable bonds is 10. The summed E-state index contributed by atoms with van der Waals surface area (Å²) in [4.78, 5) is 44.4. The molecule has 3 aliphatic heterocycles. The second-order valence-corrected chi connectivity index (χ2v) is 12.2. The first-order valence-electron chi connectivity index (χ1n) is 15.0. The van der Waals surface area contributed by atoms with Crippen LogP contribution in [0.5, 0.6) is 0 Å². The second-order valence-electron chi connectivity index (χ2n) is 12.2. The molecule has 3 amide bonds. The Hall–Kier alpha value is -3.23. The molecule has 2 unspecified atom stereocenters. The molecular formula is C33H43N3O5. The Balaban J connectivity index is 1.56. The maximum Gasteiger partial charge on any atom is 0.250 e. The standard InChI is InChI=1S/C33H43N3O5/c1-6-20(3)24(19-37)36-28(30(39)35-27-21(4)12-11-13-22(27)5)33-17-16-32(7-2,41-33)25(26(33)31(36)40)29(38)34-18-23-14-9-8-10-15-23/h8-15,20,24-26,28,37H,6-7,16-19H2,1-5H3,(H,34,38)(H,35,39)/t20-,24-,25-,26-,28?,32+,33?/m0/s1. The molecule has 3 N–H and O–H groups in total. The van der Waals surface area contributed by atoms with Gasteiger partial charge in [0.15, 0.2) is 0 Å². The number of aliphatic hydroxyl groups excluding tert-OH is 1. The zero-order valence-corrected chi connectivity index (χ0v) is 24.8. The highest BCUT2D eigenvalue weighted by Crippen LogP contribution is 2.64. The van der Waals surface area contributed by atoms with Crippen LogP contribution in [0.15, 0.2) is 48.5 Å². The molecule has 3 heterocycles.